The summed E-state index contributed by atoms with van der Waals surface area (Å²) in [5.41, 5.74) is 16.5. The first-order chi connectivity index (χ1) is 27.8. The Bertz CT molecular complexity index is 2910. The molecule has 0 amide bonds. The van der Waals surface area contributed by atoms with Gasteiger partial charge in [-0.25, -0.2) is 0 Å². The number of hydrogen-bond acceptors (Lipinski definition) is 1. The van der Waals surface area contributed by atoms with Crippen molar-refractivity contribution < 1.29 is 0 Å². The van der Waals surface area contributed by atoms with E-state index in [1.165, 1.54) is 60.8 Å². The molecule has 0 atom stereocenters. The van der Waals surface area contributed by atoms with Crippen LogP contribution >= 0.6 is 0 Å². The first-order valence-electron chi connectivity index (χ1n) is 19.2. The topological polar surface area (TPSA) is 8.17 Å². The molecule has 0 aliphatic carbocycles. The van der Waals surface area contributed by atoms with Crippen molar-refractivity contribution in [2.45, 2.75) is 0 Å². The summed E-state index contributed by atoms with van der Waals surface area (Å²) in [6.45, 7) is 0. The van der Waals surface area contributed by atoms with E-state index >= 15 is 0 Å². The molecule has 0 unspecified atom stereocenters. The zero-order chi connectivity index (χ0) is 37.3. The smallest absolute Gasteiger partial charge is 0.0547 e. The fourth-order valence-corrected chi connectivity index (χ4v) is 8.06. The van der Waals surface area contributed by atoms with Crippen LogP contribution in [-0.2, 0) is 0 Å². The third kappa shape index (κ3) is 6.14. The van der Waals surface area contributed by atoms with E-state index in [4.69, 9.17) is 0 Å². The molecule has 264 valence electrons. The Morgan fingerprint density at radius 2 is 0.679 bits per heavy atom. The van der Waals surface area contributed by atoms with Crippen LogP contribution in [0.3, 0.4) is 0 Å². The monoisotopic (exact) mass is 714 g/mol. The van der Waals surface area contributed by atoms with Crippen LogP contribution in [-0.4, -0.2) is 4.57 Å². The molecule has 10 rings (SSSR count). The minimum absolute atomic E-state index is 1.10. The minimum atomic E-state index is 1.10. The number of anilines is 3. The highest BCUT2D eigenvalue weighted by Crippen LogP contribution is 2.40. The van der Waals surface area contributed by atoms with E-state index in [2.05, 4.69) is 240 Å². The van der Waals surface area contributed by atoms with Crippen molar-refractivity contribution in [1.29, 1.82) is 0 Å². The van der Waals surface area contributed by atoms with Crippen molar-refractivity contribution in [3.63, 3.8) is 0 Å². The summed E-state index contributed by atoms with van der Waals surface area (Å²) in [6.07, 6.45) is 0. The number of rotatable bonds is 8. The van der Waals surface area contributed by atoms with Crippen LogP contribution in [0.2, 0.25) is 0 Å². The van der Waals surface area contributed by atoms with Gasteiger partial charge in [0.05, 0.1) is 16.7 Å². The Balaban J connectivity index is 1.02. The third-order valence-electron chi connectivity index (χ3n) is 10.8. The van der Waals surface area contributed by atoms with E-state index < -0.39 is 0 Å². The predicted octanol–water partition coefficient (Wildman–Crippen LogP) is 14.9. The van der Waals surface area contributed by atoms with Gasteiger partial charge in [-0.2, -0.15) is 0 Å². The van der Waals surface area contributed by atoms with Gasteiger partial charge in [0.25, 0.3) is 0 Å². The van der Waals surface area contributed by atoms with Crippen molar-refractivity contribution in [3.8, 4) is 50.2 Å². The number of hydrogen-bond donors (Lipinski definition) is 0. The van der Waals surface area contributed by atoms with Crippen molar-refractivity contribution in [2.75, 3.05) is 4.90 Å². The van der Waals surface area contributed by atoms with Gasteiger partial charge in [-0.3, -0.25) is 0 Å². The molecular formula is C54H38N2. The standard InChI is InChI=1S/C54H38N2/c1-4-14-39(15-5-1)41-24-26-42(27-25-41)43-28-33-47(34-29-43)55(46-18-8-3-9-19-46)48-35-30-44(31-36-48)49-20-10-12-22-52(49)56-53-23-13-11-21-50(53)51-37-32-45(38-54(51)56)40-16-6-2-7-17-40/h1-38H. The highest BCUT2D eigenvalue weighted by atomic mass is 15.1. The summed E-state index contributed by atoms with van der Waals surface area (Å²) in [4.78, 5) is 2.33. The van der Waals surface area contributed by atoms with E-state index in [9.17, 15) is 0 Å². The Morgan fingerprint density at radius 3 is 1.30 bits per heavy atom. The average Bonchev–Trinajstić information content (AvgIpc) is 3.61. The molecule has 2 heteroatoms. The number of para-hydroxylation sites is 3. The number of benzene rings is 9. The molecule has 2 nitrogen and oxygen atoms in total. The van der Waals surface area contributed by atoms with Crippen molar-refractivity contribution >= 4 is 38.9 Å². The minimum Gasteiger partial charge on any atom is -0.311 e. The summed E-state index contributed by atoms with van der Waals surface area (Å²) < 4.78 is 2.44. The zero-order valence-electron chi connectivity index (χ0n) is 30.8. The van der Waals surface area contributed by atoms with Gasteiger partial charge in [0, 0.05) is 33.4 Å². The van der Waals surface area contributed by atoms with Crippen molar-refractivity contribution in [3.05, 3.63) is 231 Å². The molecule has 0 fully saturated rings. The SMILES string of the molecule is c1ccc(-c2ccc(-c3ccc(N(c4ccccc4)c4ccc(-c5ccccc5-n5c6ccccc6c6ccc(-c7ccccc7)cc65)cc4)cc3)cc2)cc1. The number of aromatic nitrogens is 1. The molecule has 0 saturated carbocycles. The zero-order valence-corrected chi connectivity index (χ0v) is 30.8. The Labute approximate surface area is 327 Å². The van der Waals surface area contributed by atoms with Gasteiger partial charge < -0.3 is 9.47 Å². The van der Waals surface area contributed by atoms with Crippen LogP contribution in [0.1, 0.15) is 0 Å². The number of fused-ring (bicyclic) bond motifs is 3. The van der Waals surface area contributed by atoms with Crippen LogP contribution in [0.25, 0.3) is 72.0 Å². The van der Waals surface area contributed by atoms with Crippen LogP contribution < -0.4 is 4.90 Å². The first kappa shape index (κ1) is 33.2. The maximum Gasteiger partial charge on any atom is 0.0547 e. The van der Waals surface area contributed by atoms with Gasteiger partial charge in [-0.05, 0) is 93.5 Å². The molecule has 0 bridgehead atoms. The second kappa shape index (κ2) is 14.4. The van der Waals surface area contributed by atoms with Gasteiger partial charge in [0.15, 0.2) is 0 Å². The second-order valence-electron chi connectivity index (χ2n) is 14.2. The van der Waals surface area contributed by atoms with Crippen molar-refractivity contribution in [1.82, 2.24) is 4.57 Å². The van der Waals surface area contributed by atoms with Crippen LogP contribution in [0, 0.1) is 0 Å². The van der Waals surface area contributed by atoms with Gasteiger partial charge in [-0.1, -0.05) is 176 Å². The van der Waals surface area contributed by atoms with Gasteiger partial charge in [-0.15, -0.1) is 0 Å². The Morgan fingerprint density at radius 1 is 0.268 bits per heavy atom. The molecular weight excluding hydrogens is 677 g/mol. The molecule has 10 aromatic rings. The molecule has 0 saturated heterocycles. The molecule has 0 spiro atoms. The quantitative estimate of drug-likeness (QED) is 0.152. The lowest BCUT2D eigenvalue weighted by atomic mass is 10.00. The van der Waals surface area contributed by atoms with Crippen LogP contribution in [0.4, 0.5) is 17.1 Å². The second-order valence-corrected chi connectivity index (χ2v) is 14.2. The fourth-order valence-electron chi connectivity index (χ4n) is 8.06. The largest absolute Gasteiger partial charge is 0.311 e. The summed E-state index contributed by atoms with van der Waals surface area (Å²) >= 11 is 0. The average molecular weight is 715 g/mol. The molecule has 56 heavy (non-hydrogen) atoms. The first-order valence-corrected chi connectivity index (χ1v) is 19.2. The Hall–Kier alpha value is -7.42. The van der Waals surface area contributed by atoms with E-state index in [1.54, 1.807) is 0 Å². The molecule has 1 heterocycles. The molecule has 1 aromatic heterocycles. The van der Waals surface area contributed by atoms with Crippen LogP contribution in [0.15, 0.2) is 231 Å². The van der Waals surface area contributed by atoms with E-state index in [1.807, 2.05) is 0 Å². The maximum absolute atomic E-state index is 2.44. The van der Waals surface area contributed by atoms with Gasteiger partial charge in [0.2, 0.25) is 0 Å². The highest BCUT2D eigenvalue weighted by molar-refractivity contribution is 6.10. The lowest BCUT2D eigenvalue weighted by Gasteiger charge is -2.26. The van der Waals surface area contributed by atoms with Crippen LogP contribution in [0.5, 0.6) is 0 Å². The summed E-state index contributed by atoms with van der Waals surface area (Å²) in [5, 5.41) is 2.50. The highest BCUT2D eigenvalue weighted by Gasteiger charge is 2.18. The number of nitrogens with zero attached hydrogens (tertiary/aromatic N) is 2. The van der Waals surface area contributed by atoms with E-state index in [-0.39, 0.29) is 0 Å². The van der Waals surface area contributed by atoms with E-state index in [0.717, 1.165) is 28.3 Å². The van der Waals surface area contributed by atoms with Gasteiger partial charge >= 0.3 is 0 Å². The summed E-state index contributed by atoms with van der Waals surface area (Å²) in [6, 6.07) is 82.9. The predicted molar refractivity (Wildman–Crippen MR) is 237 cm³/mol. The molecule has 0 N–H and O–H groups in total. The van der Waals surface area contributed by atoms with Gasteiger partial charge in [0.1, 0.15) is 0 Å². The summed E-state index contributed by atoms with van der Waals surface area (Å²) in [7, 11) is 0. The summed E-state index contributed by atoms with van der Waals surface area (Å²) in [5.74, 6) is 0. The van der Waals surface area contributed by atoms with Crippen molar-refractivity contribution in [2.24, 2.45) is 0 Å². The molecule has 9 aromatic carbocycles. The Kier molecular flexibility index (Phi) is 8.55. The maximum atomic E-state index is 2.44. The normalized spacial score (nSPS) is 11.2. The molecule has 0 aliphatic heterocycles. The van der Waals surface area contributed by atoms with E-state index in [0.29, 0.717) is 0 Å². The molecule has 0 aliphatic rings. The third-order valence-corrected chi connectivity index (χ3v) is 10.8. The fraction of sp³-hybridized carbons (Fsp3) is 0. The lowest BCUT2D eigenvalue weighted by Crippen LogP contribution is -2.09. The lowest BCUT2D eigenvalue weighted by molar-refractivity contribution is 1.18. The molecule has 0 radical (unpaired) electrons.